The van der Waals surface area contributed by atoms with Crippen LogP contribution in [0.15, 0.2) is 46.3 Å². The molecular weight excluding hydrogens is 514 g/mol. The van der Waals surface area contributed by atoms with Crippen LogP contribution in [0.2, 0.25) is 0 Å². The molecule has 4 rings (SSSR count). The normalized spacial score (nSPS) is 15.0. The van der Waals surface area contributed by atoms with Crippen LogP contribution in [-0.2, 0) is 27.8 Å². The molecule has 11 heteroatoms. The van der Waals surface area contributed by atoms with Gasteiger partial charge in [0.05, 0.1) is 12.2 Å². The van der Waals surface area contributed by atoms with Gasteiger partial charge < -0.3 is 10.6 Å². The fourth-order valence-electron chi connectivity index (χ4n) is 3.33. The van der Waals surface area contributed by atoms with E-state index in [1.54, 1.807) is 17.4 Å². The Bertz CT molecular complexity index is 1230. The van der Waals surface area contributed by atoms with Crippen molar-refractivity contribution in [2.45, 2.75) is 26.3 Å². The smallest absolute Gasteiger partial charge is 0.241 e. The van der Waals surface area contributed by atoms with E-state index in [2.05, 4.69) is 36.5 Å². The maximum absolute atomic E-state index is 12.2. The molecule has 1 saturated heterocycles. The number of hydrogen-bond donors (Lipinski definition) is 2. The third-order valence-electron chi connectivity index (χ3n) is 4.83. The molecule has 0 unspecified atom stereocenters. The number of aromatic nitrogens is 2. The molecular formula is C21H22BrN5O3S2. The number of nitrogens with one attached hydrogen (secondary N) is 2. The summed E-state index contributed by atoms with van der Waals surface area (Å²) in [5, 5.41) is 8.08. The Kier molecular flexibility index (Phi) is 6.77. The Morgan fingerprint density at radius 3 is 2.66 bits per heavy atom. The number of carbonyl (C=O) groups excluding carboxylic acids is 1. The summed E-state index contributed by atoms with van der Waals surface area (Å²) in [5.41, 5.74) is 2.42. The molecule has 1 aliphatic heterocycles. The van der Waals surface area contributed by atoms with Gasteiger partial charge in [-0.05, 0) is 53.0 Å². The van der Waals surface area contributed by atoms with Gasteiger partial charge in [0.25, 0.3) is 0 Å². The molecule has 0 aliphatic carbocycles. The molecule has 1 amide bonds. The minimum Gasteiger partial charge on any atom is -0.366 e. The van der Waals surface area contributed by atoms with Crippen LogP contribution in [0.1, 0.15) is 22.6 Å². The molecule has 0 saturated carbocycles. The Morgan fingerprint density at radius 2 is 2.00 bits per heavy atom. The van der Waals surface area contributed by atoms with Crippen LogP contribution in [0.3, 0.4) is 0 Å². The van der Waals surface area contributed by atoms with Crippen molar-refractivity contribution >= 4 is 60.7 Å². The zero-order valence-corrected chi connectivity index (χ0v) is 20.6. The van der Waals surface area contributed by atoms with Crippen LogP contribution in [0.25, 0.3) is 0 Å². The topological polar surface area (TPSA) is 104 Å². The maximum atomic E-state index is 12.2. The highest BCUT2D eigenvalue weighted by Crippen LogP contribution is 2.23. The fourth-order valence-corrected chi connectivity index (χ4v) is 6.23. The van der Waals surface area contributed by atoms with Gasteiger partial charge in [0, 0.05) is 45.3 Å². The molecule has 32 heavy (non-hydrogen) atoms. The highest BCUT2D eigenvalue weighted by molar-refractivity contribution is 9.10. The molecule has 1 aliphatic rings. The number of hydrogen-bond acceptors (Lipinski definition) is 7. The van der Waals surface area contributed by atoms with Crippen molar-refractivity contribution in [3.63, 3.8) is 0 Å². The standard InChI is InChI=1S/C21H22BrN5O3S2/c1-14-9-19(26-21(24-14)27-7-2-8-32(27,29)30)23-12-15-3-5-17(6-4-15)25-20(28)11-18-10-16(22)13-31-18/h3-6,9-10,13H,2,7-8,11-12H2,1H3,(H,25,28)(H,23,24,26). The van der Waals surface area contributed by atoms with Crippen molar-refractivity contribution in [3.8, 4) is 0 Å². The second kappa shape index (κ2) is 9.55. The third kappa shape index (κ3) is 5.64. The third-order valence-corrected chi connectivity index (χ3v) is 8.35. The summed E-state index contributed by atoms with van der Waals surface area (Å²) in [6.07, 6.45) is 0.915. The summed E-state index contributed by atoms with van der Waals surface area (Å²) >= 11 is 4.94. The largest absolute Gasteiger partial charge is 0.366 e. The van der Waals surface area contributed by atoms with E-state index < -0.39 is 10.0 Å². The van der Waals surface area contributed by atoms with Gasteiger partial charge >= 0.3 is 0 Å². The van der Waals surface area contributed by atoms with E-state index >= 15 is 0 Å². The second-order valence-electron chi connectivity index (χ2n) is 7.44. The average molecular weight is 536 g/mol. The van der Waals surface area contributed by atoms with Crippen molar-refractivity contribution in [2.75, 3.05) is 27.2 Å². The molecule has 168 valence electrons. The van der Waals surface area contributed by atoms with Gasteiger partial charge in [-0.3, -0.25) is 4.79 Å². The molecule has 8 nitrogen and oxygen atoms in total. The number of thiophene rings is 1. The Morgan fingerprint density at radius 1 is 1.22 bits per heavy atom. The highest BCUT2D eigenvalue weighted by Gasteiger charge is 2.30. The number of aryl methyl sites for hydroxylation is 1. The first-order valence-corrected chi connectivity index (χ1v) is 13.3. The van der Waals surface area contributed by atoms with Crippen molar-refractivity contribution in [1.29, 1.82) is 0 Å². The first-order chi connectivity index (χ1) is 15.3. The predicted octanol–water partition coefficient (Wildman–Crippen LogP) is 3.94. The van der Waals surface area contributed by atoms with Gasteiger partial charge in [0.15, 0.2) is 0 Å². The highest BCUT2D eigenvalue weighted by atomic mass is 79.9. The average Bonchev–Trinajstić information content (AvgIpc) is 3.31. The number of nitrogens with zero attached hydrogens (tertiary/aromatic N) is 3. The van der Waals surface area contributed by atoms with E-state index in [1.807, 2.05) is 42.6 Å². The van der Waals surface area contributed by atoms with Crippen molar-refractivity contribution in [1.82, 2.24) is 9.97 Å². The summed E-state index contributed by atoms with van der Waals surface area (Å²) < 4.78 is 26.6. The lowest BCUT2D eigenvalue weighted by molar-refractivity contribution is -0.115. The molecule has 0 atom stereocenters. The Balaban J connectivity index is 1.35. The SMILES string of the molecule is Cc1cc(NCc2ccc(NC(=O)Cc3cc(Br)cs3)cc2)nc(N2CCCS2(=O)=O)n1. The van der Waals surface area contributed by atoms with E-state index in [0.29, 0.717) is 37.4 Å². The maximum Gasteiger partial charge on any atom is 0.241 e. The molecule has 2 N–H and O–H groups in total. The lowest BCUT2D eigenvalue weighted by Gasteiger charge is -2.16. The lowest BCUT2D eigenvalue weighted by atomic mass is 10.2. The Hall–Kier alpha value is -2.50. The molecule has 1 aromatic carbocycles. The number of sulfonamides is 1. The minimum absolute atomic E-state index is 0.0638. The zero-order chi connectivity index (χ0) is 22.7. The summed E-state index contributed by atoms with van der Waals surface area (Å²) in [6.45, 7) is 2.72. The summed E-state index contributed by atoms with van der Waals surface area (Å²) in [6, 6.07) is 11.3. The quantitative estimate of drug-likeness (QED) is 0.474. The van der Waals surface area contributed by atoms with Gasteiger partial charge in [-0.2, -0.15) is 4.98 Å². The van der Waals surface area contributed by atoms with Crippen LogP contribution in [0, 0.1) is 6.92 Å². The lowest BCUT2D eigenvalue weighted by Crippen LogP contribution is -2.27. The number of halogens is 1. The molecule has 0 radical (unpaired) electrons. The number of anilines is 3. The van der Waals surface area contributed by atoms with Gasteiger partial charge in [-0.25, -0.2) is 17.7 Å². The summed E-state index contributed by atoms with van der Waals surface area (Å²) in [5.74, 6) is 0.835. The molecule has 3 aromatic rings. The van der Waals surface area contributed by atoms with E-state index in [0.717, 1.165) is 20.6 Å². The number of benzene rings is 1. The fraction of sp³-hybridized carbons (Fsp3) is 0.286. The van der Waals surface area contributed by atoms with Gasteiger partial charge in [0.1, 0.15) is 5.82 Å². The van der Waals surface area contributed by atoms with Gasteiger partial charge in [0.2, 0.25) is 21.9 Å². The van der Waals surface area contributed by atoms with Gasteiger partial charge in [-0.1, -0.05) is 12.1 Å². The van der Waals surface area contributed by atoms with Crippen molar-refractivity contribution in [2.24, 2.45) is 0 Å². The number of carbonyl (C=O) groups is 1. The van der Waals surface area contributed by atoms with E-state index in [-0.39, 0.29) is 17.6 Å². The second-order valence-corrected chi connectivity index (χ2v) is 11.4. The first-order valence-electron chi connectivity index (χ1n) is 10.0. The number of rotatable bonds is 7. The Labute approximate surface area is 199 Å². The molecule has 0 spiro atoms. The van der Waals surface area contributed by atoms with E-state index in [1.165, 1.54) is 4.31 Å². The van der Waals surface area contributed by atoms with E-state index in [9.17, 15) is 13.2 Å². The predicted molar refractivity (Wildman–Crippen MR) is 131 cm³/mol. The summed E-state index contributed by atoms with van der Waals surface area (Å²) in [7, 11) is -3.33. The van der Waals surface area contributed by atoms with Crippen LogP contribution in [0.5, 0.6) is 0 Å². The van der Waals surface area contributed by atoms with Crippen molar-refractivity contribution in [3.05, 3.63) is 62.4 Å². The summed E-state index contributed by atoms with van der Waals surface area (Å²) in [4.78, 5) is 21.9. The monoisotopic (exact) mass is 535 g/mol. The van der Waals surface area contributed by atoms with Crippen LogP contribution >= 0.6 is 27.3 Å². The number of amides is 1. The molecule has 0 bridgehead atoms. The molecule has 2 aromatic heterocycles. The first kappa shape index (κ1) is 22.7. The molecule has 1 fully saturated rings. The van der Waals surface area contributed by atoms with Crippen molar-refractivity contribution < 1.29 is 13.2 Å². The van der Waals surface area contributed by atoms with Crippen LogP contribution in [0.4, 0.5) is 17.5 Å². The van der Waals surface area contributed by atoms with Crippen LogP contribution in [-0.4, -0.2) is 36.6 Å². The van der Waals surface area contributed by atoms with Crippen LogP contribution < -0.4 is 14.9 Å². The molecule has 3 heterocycles. The van der Waals surface area contributed by atoms with E-state index in [4.69, 9.17) is 0 Å². The zero-order valence-electron chi connectivity index (χ0n) is 17.3. The van der Waals surface area contributed by atoms with Gasteiger partial charge in [-0.15, -0.1) is 11.3 Å². The minimum atomic E-state index is -3.33.